The lowest BCUT2D eigenvalue weighted by molar-refractivity contribution is -0.577. The van der Waals surface area contributed by atoms with Crippen LogP contribution in [-0.2, 0) is 5.54 Å². The highest BCUT2D eigenvalue weighted by Gasteiger charge is 2.64. The van der Waals surface area contributed by atoms with Crippen molar-refractivity contribution in [2.24, 2.45) is 0 Å². The molecule has 1 fully saturated rings. The van der Waals surface area contributed by atoms with Crippen LogP contribution < -0.4 is 0 Å². The zero-order chi connectivity index (χ0) is 37.1. The van der Waals surface area contributed by atoms with Gasteiger partial charge in [0.25, 0.3) is 5.54 Å². The third kappa shape index (κ3) is 5.25. The molecule has 55 heavy (non-hydrogen) atoms. The molecule has 3 aliphatic heterocycles. The minimum atomic E-state index is -1.51. The molecule has 2 unspecified atom stereocenters. The van der Waals surface area contributed by atoms with Gasteiger partial charge in [-0.05, 0) is 65.7 Å². The zero-order valence-electron chi connectivity index (χ0n) is 30.1. The Morgan fingerprint density at radius 1 is 0.582 bits per heavy atom. The van der Waals surface area contributed by atoms with Crippen molar-refractivity contribution in [1.82, 2.24) is 24.8 Å². The smallest absolute Gasteiger partial charge is 0.286 e. The van der Waals surface area contributed by atoms with Crippen LogP contribution in [0, 0.1) is 10.1 Å². The molecule has 0 amide bonds. The number of nitrogens with zero attached hydrogens (tertiary/aromatic N) is 4. The van der Waals surface area contributed by atoms with Crippen LogP contribution in [0.25, 0.3) is 78.7 Å². The van der Waals surface area contributed by atoms with E-state index in [4.69, 9.17) is 9.97 Å². The van der Waals surface area contributed by atoms with Gasteiger partial charge >= 0.3 is 0 Å². The largest absolute Gasteiger partial charge is 0.354 e. The number of fused-ring (bicyclic) bond motifs is 11. The summed E-state index contributed by atoms with van der Waals surface area (Å²) in [5.74, 6) is -0.525. The van der Waals surface area contributed by atoms with E-state index in [0.717, 1.165) is 66.7 Å². The van der Waals surface area contributed by atoms with Gasteiger partial charge in [0, 0.05) is 55.8 Å². The number of nitro groups is 1. The second-order valence-corrected chi connectivity index (χ2v) is 14.5. The molecule has 3 aliphatic rings. The highest BCUT2D eigenvalue weighted by molar-refractivity contribution is 5.98. The molecule has 1 saturated heterocycles. The average Bonchev–Trinajstić information content (AvgIpc) is 4.07. The van der Waals surface area contributed by atoms with Gasteiger partial charge in [0.05, 0.1) is 29.5 Å². The van der Waals surface area contributed by atoms with Crippen LogP contribution >= 0.6 is 0 Å². The van der Waals surface area contributed by atoms with Crippen LogP contribution in [0.3, 0.4) is 0 Å². The molecule has 266 valence electrons. The van der Waals surface area contributed by atoms with Gasteiger partial charge in [-0.1, -0.05) is 121 Å². The minimum absolute atomic E-state index is 0.0836. The number of H-pyrrole nitrogens is 2. The first-order chi connectivity index (χ1) is 27.0. The summed E-state index contributed by atoms with van der Waals surface area (Å²) in [7, 11) is 1.97. The van der Waals surface area contributed by atoms with Crippen molar-refractivity contribution in [3.05, 3.63) is 178 Å². The van der Waals surface area contributed by atoms with Gasteiger partial charge < -0.3 is 9.97 Å². The van der Waals surface area contributed by atoms with Crippen LogP contribution in [0.15, 0.2) is 146 Å². The summed E-state index contributed by atoms with van der Waals surface area (Å²) in [5.41, 5.74) is 11.9. The van der Waals surface area contributed by atoms with Crippen molar-refractivity contribution in [2.45, 2.75) is 11.5 Å². The molecule has 0 radical (unpaired) electrons. The van der Waals surface area contributed by atoms with Gasteiger partial charge in [0.15, 0.2) is 0 Å². The maximum Gasteiger partial charge on any atom is 0.286 e. The number of nitrogens with one attached hydrogen (secondary N) is 2. The molecule has 10 rings (SSSR count). The fourth-order valence-corrected chi connectivity index (χ4v) is 8.85. The van der Waals surface area contributed by atoms with Gasteiger partial charge in [-0.2, -0.15) is 0 Å². The highest BCUT2D eigenvalue weighted by atomic mass is 16.6. The number of aromatic nitrogens is 4. The number of hydrogen-bond acceptors (Lipinski definition) is 5. The van der Waals surface area contributed by atoms with Crippen molar-refractivity contribution in [3.8, 4) is 44.5 Å². The van der Waals surface area contributed by atoms with Gasteiger partial charge in [0.1, 0.15) is 5.69 Å². The first-order valence-corrected chi connectivity index (χ1v) is 18.5. The summed E-state index contributed by atoms with van der Waals surface area (Å²) in [4.78, 5) is 34.3. The van der Waals surface area contributed by atoms with Crippen molar-refractivity contribution in [2.75, 3.05) is 20.1 Å². The maximum absolute atomic E-state index is 13.9. The Kier molecular flexibility index (Phi) is 7.67. The Bertz CT molecular complexity index is 2810. The third-order valence-corrected chi connectivity index (χ3v) is 11.2. The van der Waals surface area contributed by atoms with E-state index in [2.05, 4.69) is 75.5 Å². The SMILES string of the molecule is CN1CC2c3nc(c(-c4ccccc4)c4nc(c(-c5ccccc5)c5ccc([nH]5)c(-c5ccccc5)c5ccc([nH]5)c3-c3ccccc3)C=C4)C2([N+](=O)[O-])C1. The van der Waals surface area contributed by atoms with E-state index < -0.39 is 11.5 Å². The Labute approximate surface area is 317 Å². The van der Waals surface area contributed by atoms with E-state index in [1.807, 2.05) is 104 Å². The summed E-state index contributed by atoms with van der Waals surface area (Å²) in [6.45, 7) is 0.695. The first kappa shape index (κ1) is 32.7. The zero-order valence-corrected chi connectivity index (χ0v) is 30.1. The summed E-state index contributed by atoms with van der Waals surface area (Å²) in [6.07, 6.45) is 4.02. The lowest BCUT2D eigenvalue weighted by Gasteiger charge is -2.22. The molecule has 8 bridgehead atoms. The molecular weight excluding hydrogens is 681 g/mol. The maximum atomic E-state index is 13.9. The van der Waals surface area contributed by atoms with E-state index in [-0.39, 0.29) is 11.5 Å². The third-order valence-electron chi connectivity index (χ3n) is 11.2. The van der Waals surface area contributed by atoms with Gasteiger partial charge in [-0.25, -0.2) is 9.97 Å². The fourth-order valence-electron chi connectivity index (χ4n) is 8.85. The van der Waals surface area contributed by atoms with Crippen LogP contribution in [0.2, 0.25) is 0 Å². The summed E-state index contributed by atoms with van der Waals surface area (Å²) in [5, 5.41) is 13.9. The Morgan fingerprint density at radius 3 is 1.51 bits per heavy atom. The van der Waals surface area contributed by atoms with Crippen molar-refractivity contribution >= 4 is 34.2 Å². The number of rotatable bonds is 5. The van der Waals surface area contributed by atoms with Crippen LogP contribution in [0.4, 0.5) is 0 Å². The second-order valence-electron chi connectivity index (χ2n) is 14.5. The predicted octanol–water partition coefficient (Wildman–Crippen LogP) is 10.4. The van der Waals surface area contributed by atoms with Crippen molar-refractivity contribution in [3.63, 3.8) is 0 Å². The van der Waals surface area contributed by atoms with Gasteiger partial charge in [-0.3, -0.25) is 15.0 Å². The minimum Gasteiger partial charge on any atom is -0.354 e. The summed E-state index contributed by atoms with van der Waals surface area (Å²) >= 11 is 0. The first-order valence-electron chi connectivity index (χ1n) is 18.5. The lowest BCUT2D eigenvalue weighted by atomic mass is 9.80. The van der Waals surface area contributed by atoms with E-state index >= 15 is 0 Å². The molecule has 8 nitrogen and oxygen atoms in total. The lowest BCUT2D eigenvalue weighted by Crippen LogP contribution is -2.40. The average molecular weight is 717 g/mol. The topological polar surface area (TPSA) is 104 Å². The quantitative estimate of drug-likeness (QED) is 0.136. The molecule has 0 aliphatic carbocycles. The number of hydrogen-bond donors (Lipinski definition) is 2. The standard InChI is InChI=1S/C47H36N6O2/c1-52-28-34-45-43(32-18-10-4-11-19-32)39-26-24-37(49-39)41(30-14-6-2-7-15-30)35-22-23-36(48-35)42(31-16-8-3-9-17-31)38-25-27-40(50-38)44(33-20-12-5-13-21-33)46(51-45)47(34,29-52)53(54)55/h2-27,34,48-49H,28-29H2,1H3. The van der Waals surface area contributed by atoms with Crippen molar-refractivity contribution in [1.29, 1.82) is 0 Å². The van der Waals surface area contributed by atoms with Crippen molar-refractivity contribution < 1.29 is 4.92 Å². The number of likely N-dealkylation sites (N-methyl/N-ethyl adjacent to an activating group) is 1. The highest BCUT2D eigenvalue weighted by Crippen LogP contribution is 2.53. The van der Waals surface area contributed by atoms with Crippen LogP contribution in [0.5, 0.6) is 0 Å². The Balaban J connectivity index is 1.46. The fraction of sp³-hybridized carbons (Fsp3) is 0.106. The molecule has 7 aromatic rings. The van der Waals surface area contributed by atoms with Gasteiger partial charge in [-0.15, -0.1) is 0 Å². The number of benzene rings is 4. The predicted molar refractivity (Wildman–Crippen MR) is 221 cm³/mol. The molecule has 3 aromatic heterocycles. The molecular formula is C47H36N6O2. The van der Waals surface area contributed by atoms with Crippen LogP contribution in [0.1, 0.15) is 28.7 Å². The molecule has 2 atom stereocenters. The van der Waals surface area contributed by atoms with E-state index in [1.54, 1.807) is 0 Å². The monoisotopic (exact) mass is 716 g/mol. The summed E-state index contributed by atoms with van der Waals surface area (Å²) < 4.78 is 0. The van der Waals surface area contributed by atoms with E-state index in [0.29, 0.717) is 29.2 Å². The second kappa shape index (κ2) is 12.9. The van der Waals surface area contributed by atoms with E-state index in [1.165, 1.54) is 0 Å². The normalized spacial score (nSPS) is 17.7. The number of likely N-dealkylation sites (tertiary alicyclic amines) is 1. The number of aromatic amines is 2. The summed E-state index contributed by atoms with van der Waals surface area (Å²) in [6, 6.07) is 49.1. The Hall–Kier alpha value is -6.90. The molecule has 0 saturated carbocycles. The Morgan fingerprint density at radius 2 is 1.00 bits per heavy atom. The molecule has 4 aromatic carbocycles. The molecule has 0 spiro atoms. The van der Waals surface area contributed by atoms with E-state index in [9.17, 15) is 10.1 Å². The molecule has 8 heteroatoms. The van der Waals surface area contributed by atoms with Crippen LogP contribution in [-0.4, -0.2) is 49.9 Å². The van der Waals surface area contributed by atoms with Gasteiger partial charge in [0.2, 0.25) is 0 Å². The molecule has 2 N–H and O–H groups in total. The molecule has 6 heterocycles.